The van der Waals surface area contributed by atoms with Crippen molar-refractivity contribution in [1.82, 2.24) is 5.01 Å². The van der Waals surface area contributed by atoms with Gasteiger partial charge in [0.25, 0.3) is 0 Å². The Labute approximate surface area is 80.1 Å². The average molecular weight is 182 g/mol. The molecule has 74 valence electrons. The Bertz CT molecular complexity index is 207. The summed E-state index contributed by atoms with van der Waals surface area (Å²) < 4.78 is 5.10. The molecule has 0 spiro atoms. The highest BCUT2D eigenvalue weighted by molar-refractivity contribution is 5.23. The number of hydrogen-bond donors (Lipinski definition) is 0. The minimum Gasteiger partial charge on any atom is -0.377 e. The van der Waals surface area contributed by atoms with Crippen LogP contribution in [0.1, 0.15) is 20.8 Å². The number of rotatable bonds is 4. The fourth-order valence-corrected chi connectivity index (χ4v) is 0.995. The Morgan fingerprint density at radius 3 is 2.54 bits per heavy atom. The summed E-state index contributed by atoms with van der Waals surface area (Å²) >= 11 is 0. The summed E-state index contributed by atoms with van der Waals surface area (Å²) in [5, 5.41) is 5.86. The van der Waals surface area contributed by atoms with E-state index < -0.39 is 0 Å². The van der Waals surface area contributed by atoms with Gasteiger partial charge in [-0.3, -0.25) is 5.01 Å². The molecule has 0 atom stereocenters. The Morgan fingerprint density at radius 2 is 2.23 bits per heavy atom. The summed E-state index contributed by atoms with van der Waals surface area (Å²) in [6.45, 7) is 11.5. The van der Waals surface area contributed by atoms with Crippen LogP contribution in [0.4, 0.5) is 0 Å². The lowest BCUT2D eigenvalue weighted by Gasteiger charge is -2.33. The van der Waals surface area contributed by atoms with Crippen molar-refractivity contribution in [1.29, 1.82) is 0 Å². The van der Waals surface area contributed by atoms with Crippen molar-refractivity contribution in [3.8, 4) is 0 Å². The van der Waals surface area contributed by atoms with E-state index in [4.69, 9.17) is 4.74 Å². The van der Waals surface area contributed by atoms with Crippen LogP contribution < -0.4 is 0 Å². The minimum atomic E-state index is 0.395. The zero-order valence-corrected chi connectivity index (χ0v) is 8.66. The second kappa shape index (κ2) is 4.42. The van der Waals surface area contributed by atoms with E-state index in [2.05, 4.69) is 38.8 Å². The van der Waals surface area contributed by atoms with Crippen LogP contribution in [-0.4, -0.2) is 31.0 Å². The lowest BCUT2D eigenvalue weighted by Crippen LogP contribution is -2.44. The van der Waals surface area contributed by atoms with Crippen LogP contribution in [-0.2, 0) is 4.74 Å². The molecule has 1 heterocycles. The van der Waals surface area contributed by atoms with Gasteiger partial charge in [0.2, 0.25) is 0 Å². The molecule has 1 aliphatic rings. The lowest BCUT2D eigenvalue weighted by molar-refractivity contribution is -0.0481. The molecule has 0 radical (unpaired) electrons. The summed E-state index contributed by atoms with van der Waals surface area (Å²) in [5.74, 6) is 0.560. The molecule has 1 saturated heterocycles. The van der Waals surface area contributed by atoms with Crippen LogP contribution in [0.3, 0.4) is 0 Å². The molecule has 0 aromatic carbocycles. The van der Waals surface area contributed by atoms with Crippen molar-refractivity contribution < 1.29 is 4.74 Å². The maximum atomic E-state index is 5.10. The fourth-order valence-electron chi connectivity index (χ4n) is 0.995. The van der Waals surface area contributed by atoms with Crippen LogP contribution >= 0.6 is 0 Å². The Morgan fingerprint density at radius 1 is 1.62 bits per heavy atom. The minimum absolute atomic E-state index is 0.395. The highest BCUT2D eigenvalue weighted by Gasteiger charge is 2.23. The van der Waals surface area contributed by atoms with Gasteiger partial charge in [0.05, 0.1) is 19.3 Å². The third-order valence-electron chi connectivity index (χ3n) is 2.40. The number of hydrazone groups is 1. The molecule has 1 rings (SSSR count). The van der Waals surface area contributed by atoms with Crippen LogP contribution in [0.5, 0.6) is 0 Å². The van der Waals surface area contributed by atoms with Crippen molar-refractivity contribution in [3.63, 3.8) is 0 Å². The first-order valence-corrected chi connectivity index (χ1v) is 4.66. The van der Waals surface area contributed by atoms with E-state index in [-0.39, 0.29) is 0 Å². The maximum absolute atomic E-state index is 5.10. The molecule has 0 bridgehead atoms. The molecule has 0 amide bonds. The third-order valence-corrected chi connectivity index (χ3v) is 2.40. The normalized spacial score (nSPS) is 18.6. The van der Waals surface area contributed by atoms with Gasteiger partial charge in [-0.05, 0) is 12.8 Å². The van der Waals surface area contributed by atoms with Crippen molar-refractivity contribution in [2.75, 3.05) is 13.2 Å². The number of ether oxygens (including phenoxy) is 1. The van der Waals surface area contributed by atoms with Crippen LogP contribution in [0, 0.1) is 5.92 Å². The molecule has 0 unspecified atom stereocenters. The first-order chi connectivity index (χ1) is 6.15. The zero-order valence-electron chi connectivity index (χ0n) is 8.66. The SMILES string of the molecule is C=NN(/C=C(\C)C(C)C)C1COC1. The highest BCUT2D eigenvalue weighted by atomic mass is 16.5. The van der Waals surface area contributed by atoms with Crippen LogP contribution in [0.25, 0.3) is 0 Å². The Balaban J connectivity index is 2.56. The van der Waals surface area contributed by atoms with Gasteiger partial charge in [-0.2, -0.15) is 5.10 Å². The molecule has 1 fully saturated rings. The summed E-state index contributed by atoms with van der Waals surface area (Å²) in [5.41, 5.74) is 1.32. The molecular weight excluding hydrogens is 164 g/mol. The standard InChI is InChI=1S/C10H18N2O/c1-8(2)9(3)5-12(11-4)10-6-13-7-10/h5,8,10H,4,6-7H2,1-3H3/b9-5+. The van der Waals surface area contributed by atoms with Gasteiger partial charge < -0.3 is 4.74 Å². The molecular formula is C10H18N2O. The predicted octanol–water partition coefficient (Wildman–Crippen LogP) is 1.86. The molecule has 0 N–H and O–H groups in total. The quantitative estimate of drug-likeness (QED) is 0.489. The number of allylic oxidation sites excluding steroid dienone is 1. The van der Waals surface area contributed by atoms with Crippen LogP contribution in [0.2, 0.25) is 0 Å². The Hall–Kier alpha value is -0.830. The summed E-state index contributed by atoms with van der Waals surface area (Å²) in [7, 11) is 0. The second-order valence-corrected chi connectivity index (χ2v) is 3.74. The topological polar surface area (TPSA) is 24.8 Å². The monoisotopic (exact) mass is 182 g/mol. The third kappa shape index (κ3) is 2.56. The first kappa shape index (κ1) is 10.3. The van der Waals surface area contributed by atoms with Gasteiger partial charge in [0, 0.05) is 12.9 Å². The van der Waals surface area contributed by atoms with Crippen molar-refractivity contribution in [2.24, 2.45) is 11.0 Å². The second-order valence-electron chi connectivity index (χ2n) is 3.74. The van der Waals surface area contributed by atoms with Gasteiger partial charge >= 0.3 is 0 Å². The summed E-state index contributed by atoms with van der Waals surface area (Å²) in [6.07, 6.45) is 2.06. The molecule has 0 aromatic rings. The van der Waals surface area contributed by atoms with Crippen molar-refractivity contribution in [3.05, 3.63) is 11.8 Å². The van der Waals surface area contributed by atoms with E-state index >= 15 is 0 Å². The van der Waals surface area contributed by atoms with Crippen molar-refractivity contribution in [2.45, 2.75) is 26.8 Å². The molecule has 13 heavy (non-hydrogen) atoms. The average Bonchev–Trinajstić information content (AvgIpc) is 1.99. The highest BCUT2D eigenvalue weighted by Crippen LogP contribution is 2.15. The molecule has 0 aromatic heterocycles. The van der Waals surface area contributed by atoms with Gasteiger partial charge in [0.1, 0.15) is 0 Å². The van der Waals surface area contributed by atoms with Crippen LogP contribution in [0.15, 0.2) is 16.9 Å². The van der Waals surface area contributed by atoms with E-state index in [9.17, 15) is 0 Å². The Kier molecular flexibility index (Phi) is 3.48. The molecule has 0 saturated carbocycles. The zero-order chi connectivity index (χ0) is 9.84. The molecule has 0 aliphatic carbocycles. The van der Waals surface area contributed by atoms with Crippen molar-refractivity contribution >= 4 is 6.72 Å². The molecule has 3 nitrogen and oxygen atoms in total. The predicted molar refractivity (Wildman–Crippen MR) is 54.6 cm³/mol. The fraction of sp³-hybridized carbons (Fsp3) is 0.700. The van der Waals surface area contributed by atoms with E-state index in [0.29, 0.717) is 12.0 Å². The number of nitrogens with zero attached hydrogens (tertiary/aromatic N) is 2. The lowest BCUT2D eigenvalue weighted by atomic mass is 10.1. The van der Waals surface area contributed by atoms with Gasteiger partial charge in [-0.25, -0.2) is 0 Å². The van der Waals surface area contributed by atoms with Gasteiger partial charge in [-0.1, -0.05) is 19.4 Å². The number of hydrogen-bond acceptors (Lipinski definition) is 3. The first-order valence-electron chi connectivity index (χ1n) is 4.66. The van der Waals surface area contributed by atoms with E-state index in [1.807, 2.05) is 5.01 Å². The molecule has 1 aliphatic heterocycles. The van der Waals surface area contributed by atoms with E-state index in [1.165, 1.54) is 5.57 Å². The summed E-state index contributed by atoms with van der Waals surface area (Å²) in [4.78, 5) is 0. The van der Waals surface area contributed by atoms with Gasteiger partial charge in [-0.15, -0.1) is 0 Å². The summed E-state index contributed by atoms with van der Waals surface area (Å²) in [6, 6.07) is 0.395. The van der Waals surface area contributed by atoms with E-state index in [1.54, 1.807) is 0 Å². The van der Waals surface area contributed by atoms with E-state index in [0.717, 1.165) is 13.2 Å². The van der Waals surface area contributed by atoms with Gasteiger partial charge in [0.15, 0.2) is 0 Å². The molecule has 3 heteroatoms. The maximum Gasteiger partial charge on any atom is 0.0985 e. The smallest absolute Gasteiger partial charge is 0.0985 e. The largest absolute Gasteiger partial charge is 0.377 e.